The first kappa shape index (κ1) is 16.2. The molecule has 3 heteroatoms. The summed E-state index contributed by atoms with van der Waals surface area (Å²) in [7, 11) is 0. The minimum atomic E-state index is -0.599. The molecule has 0 amide bonds. The van der Waals surface area contributed by atoms with Crippen LogP contribution in [0, 0.1) is 5.92 Å². The predicted molar refractivity (Wildman–Crippen MR) is 77.0 cm³/mol. The molecule has 0 atom stereocenters. The number of nitrogens with two attached hydrogens (primary N) is 2. The van der Waals surface area contributed by atoms with Gasteiger partial charge in [-0.05, 0) is 45.1 Å². The van der Waals surface area contributed by atoms with Gasteiger partial charge in [-0.2, -0.15) is 0 Å². The summed E-state index contributed by atoms with van der Waals surface area (Å²) in [6.45, 7) is 12.4. The lowest BCUT2D eigenvalue weighted by Crippen LogP contribution is -2.33. The van der Waals surface area contributed by atoms with Crippen molar-refractivity contribution >= 4 is 5.84 Å². The average molecular weight is 239 g/mol. The summed E-state index contributed by atoms with van der Waals surface area (Å²) in [6, 6.07) is 0. The molecule has 17 heavy (non-hydrogen) atoms. The van der Waals surface area contributed by atoms with Gasteiger partial charge in [0.25, 0.3) is 0 Å². The van der Waals surface area contributed by atoms with Crippen LogP contribution >= 0.6 is 0 Å². The second kappa shape index (κ2) is 6.80. The van der Waals surface area contributed by atoms with Gasteiger partial charge in [0.15, 0.2) is 0 Å². The molecule has 0 aromatic rings. The van der Waals surface area contributed by atoms with Crippen LogP contribution < -0.4 is 11.5 Å². The van der Waals surface area contributed by atoms with Crippen molar-refractivity contribution in [3.63, 3.8) is 0 Å². The Labute approximate surface area is 106 Å². The summed E-state index contributed by atoms with van der Waals surface area (Å²) in [5, 5.41) is 0. The van der Waals surface area contributed by atoms with E-state index in [9.17, 15) is 0 Å². The zero-order valence-corrected chi connectivity index (χ0v) is 12.3. The first-order valence-corrected chi connectivity index (χ1v) is 6.53. The molecule has 0 fully saturated rings. The number of hydrogen-bond donors (Lipinski definition) is 2. The van der Waals surface area contributed by atoms with Crippen LogP contribution in [0.1, 0.15) is 60.8 Å². The van der Waals surface area contributed by atoms with Crippen LogP contribution in [0.3, 0.4) is 0 Å². The SMILES string of the molecule is CCCC/C(=C(C)/C(N)=N\C(C)(C)N)C(C)C. The molecule has 4 N–H and O–H groups in total. The van der Waals surface area contributed by atoms with Crippen LogP contribution in [0.2, 0.25) is 0 Å². The Hall–Kier alpha value is -0.830. The normalized spacial score (nSPS) is 15.2. The van der Waals surface area contributed by atoms with Crippen LogP contribution in [-0.4, -0.2) is 11.5 Å². The van der Waals surface area contributed by atoms with E-state index in [0.29, 0.717) is 11.8 Å². The lowest BCUT2D eigenvalue weighted by Gasteiger charge is -2.18. The van der Waals surface area contributed by atoms with Crippen molar-refractivity contribution in [2.75, 3.05) is 0 Å². The second-order valence-corrected chi connectivity index (χ2v) is 5.56. The lowest BCUT2D eigenvalue weighted by atomic mass is 9.92. The maximum Gasteiger partial charge on any atom is 0.123 e. The highest BCUT2D eigenvalue weighted by Crippen LogP contribution is 2.21. The van der Waals surface area contributed by atoms with Crippen molar-refractivity contribution in [3.05, 3.63) is 11.1 Å². The van der Waals surface area contributed by atoms with Crippen LogP contribution in [0.5, 0.6) is 0 Å². The molecular formula is C14H29N3. The fraction of sp³-hybridized carbons (Fsp3) is 0.786. The van der Waals surface area contributed by atoms with E-state index in [1.165, 1.54) is 18.4 Å². The number of aliphatic imine (C=N–C) groups is 1. The molecule has 0 unspecified atom stereocenters. The number of allylic oxidation sites excluding steroid dienone is 1. The number of hydrogen-bond acceptors (Lipinski definition) is 2. The van der Waals surface area contributed by atoms with Gasteiger partial charge in [-0.15, -0.1) is 0 Å². The van der Waals surface area contributed by atoms with E-state index in [4.69, 9.17) is 11.5 Å². The average Bonchev–Trinajstić information content (AvgIpc) is 2.14. The van der Waals surface area contributed by atoms with E-state index in [2.05, 4.69) is 32.7 Å². The molecule has 100 valence electrons. The summed E-state index contributed by atoms with van der Waals surface area (Å²) in [5.41, 5.74) is 13.8. The second-order valence-electron chi connectivity index (χ2n) is 5.56. The van der Waals surface area contributed by atoms with E-state index in [-0.39, 0.29) is 0 Å². The third-order valence-electron chi connectivity index (χ3n) is 2.77. The maximum atomic E-state index is 6.03. The summed E-state index contributed by atoms with van der Waals surface area (Å²) >= 11 is 0. The molecule has 0 saturated carbocycles. The van der Waals surface area contributed by atoms with Gasteiger partial charge >= 0.3 is 0 Å². The van der Waals surface area contributed by atoms with E-state index in [0.717, 1.165) is 12.0 Å². The number of amidine groups is 1. The van der Waals surface area contributed by atoms with Gasteiger partial charge in [0.1, 0.15) is 11.5 Å². The Balaban J connectivity index is 5.12. The van der Waals surface area contributed by atoms with Gasteiger partial charge in [0, 0.05) is 0 Å². The Bertz CT molecular complexity index is 293. The minimum Gasteiger partial charge on any atom is -0.384 e. The summed E-state index contributed by atoms with van der Waals surface area (Å²) in [4.78, 5) is 4.33. The number of nitrogens with zero attached hydrogens (tertiary/aromatic N) is 1. The van der Waals surface area contributed by atoms with Gasteiger partial charge in [-0.25, -0.2) is 4.99 Å². The smallest absolute Gasteiger partial charge is 0.123 e. The molecule has 0 heterocycles. The van der Waals surface area contributed by atoms with Gasteiger partial charge in [-0.1, -0.05) is 32.8 Å². The molecular weight excluding hydrogens is 210 g/mol. The molecule has 0 aromatic heterocycles. The van der Waals surface area contributed by atoms with Gasteiger partial charge in [-0.3, -0.25) is 0 Å². The lowest BCUT2D eigenvalue weighted by molar-refractivity contribution is 0.549. The zero-order chi connectivity index (χ0) is 13.6. The largest absolute Gasteiger partial charge is 0.384 e. The van der Waals surface area contributed by atoms with Crippen LogP contribution in [-0.2, 0) is 0 Å². The van der Waals surface area contributed by atoms with Crippen LogP contribution in [0.15, 0.2) is 16.1 Å². The summed E-state index contributed by atoms with van der Waals surface area (Å²) < 4.78 is 0. The third kappa shape index (κ3) is 6.47. The van der Waals surface area contributed by atoms with Gasteiger partial charge in [0.2, 0.25) is 0 Å². The van der Waals surface area contributed by atoms with Crippen molar-refractivity contribution in [2.24, 2.45) is 22.4 Å². The van der Waals surface area contributed by atoms with Crippen LogP contribution in [0.4, 0.5) is 0 Å². The number of unbranched alkanes of at least 4 members (excludes halogenated alkanes) is 1. The van der Waals surface area contributed by atoms with E-state index >= 15 is 0 Å². The molecule has 0 saturated heterocycles. The van der Waals surface area contributed by atoms with Gasteiger partial charge < -0.3 is 11.5 Å². The summed E-state index contributed by atoms with van der Waals surface area (Å²) in [5.74, 6) is 1.09. The van der Waals surface area contributed by atoms with Crippen molar-refractivity contribution in [2.45, 2.75) is 66.5 Å². The molecule has 0 bridgehead atoms. The quantitative estimate of drug-likeness (QED) is 0.552. The Kier molecular flexibility index (Phi) is 6.46. The van der Waals surface area contributed by atoms with E-state index in [1.54, 1.807) is 0 Å². The highest BCUT2D eigenvalue weighted by molar-refractivity contribution is 5.97. The van der Waals surface area contributed by atoms with E-state index in [1.807, 2.05) is 13.8 Å². The molecule has 0 aliphatic heterocycles. The molecule has 0 aliphatic rings. The topological polar surface area (TPSA) is 64.4 Å². The molecule has 3 nitrogen and oxygen atoms in total. The number of rotatable bonds is 6. The van der Waals surface area contributed by atoms with Crippen molar-refractivity contribution in [1.82, 2.24) is 0 Å². The van der Waals surface area contributed by atoms with E-state index < -0.39 is 5.66 Å². The standard InChI is InChI=1S/C14H29N3/c1-7-8-9-12(10(2)3)11(4)13(15)17-14(5,6)16/h10H,7-9,16H2,1-6H3,(H2,15,17)/b12-11-. The zero-order valence-electron chi connectivity index (χ0n) is 12.3. The van der Waals surface area contributed by atoms with Crippen LogP contribution in [0.25, 0.3) is 0 Å². The molecule has 0 rings (SSSR count). The monoisotopic (exact) mass is 239 g/mol. The Morgan fingerprint density at radius 2 is 1.82 bits per heavy atom. The maximum absolute atomic E-state index is 6.03. The first-order valence-electron chi connectivity index (χ1n) is 6.53. The minimum absolute atomic E-state index is 0.510. The van der Waals surface area contributed by atoms with Crippen molar-refractivity contribution in [3.8, 4) is 0 Å². The molecule has 0 spiro atoms. The molecule has 0 radical (unpaired) electrons. The molecule has 0 aromatic carbocycles. The fourth-order valence-corrected chi connectivity index (χ4v) is 1.84. The third-order valence-corrected chi connectivity index (χ3v) is 2.77. The Morgan fingerprint density at radius 1 is 1.29 bits per heavy atom. The predicted octanol–water partition coefficient (Wildman–Crippen LogP) is 3.20. The highest BCUT2D eigenvalue weighted by atomic mass is 15.0. The molecule has 0 aliphatic carbocycles. The van der Waals surface area contributed by atoms with Crippen molar-refractivity contribution < 1.29 is 0 Å². The summed E-state index contributed by atoms with van der Waals surface area (Å²) in [6.07, 6.45) is 3.49. The Morgan fingerprint density at radius 3 is 2.18 bits per heavy atom. The fourth-order valence-electron chi connectivity index (χ4n) is 1.84. The first-order chi connectivity index (χ1) is 7.69. The van der Waals surface area contributed by atoms with Gasteiger partial charge in [0.05, 0.1) is 0 Å². The van der Waals surface area contributed by atoms with Crippen molar-refractivity contribution in [1.29, 1.82) is 0 Å². The highest BCUT2D eigenvalue weighted by Gasteiger charge is 2.13.